The molecule has 45 heavy (non-hydrogen) atoms. The number of aliphatic hydroxyl groups is 1. The number of terminal acetylenes is 2. The second-order valence-corrected chi connectivity index (χ2v) is 13.2. The molecule has 0 bridgehead atoms. The normalized spacial score (nSPS) is 22.0. The summed E-state index contributed by atoms with van der Waals surface area (Å²) in [6, 6.07) is 13.5. The summed E-state index contributed by atoms with van der Waals surface area (Å²) in [7, 11) is 1.00. The summed E-state index contributed by atoms with van der Waals surface area (Å²) in [5.74, 6) is 6.92. The first-order valence-corrected chi connectivity index (χ1v) is 17.1. The first-order valence-electron chi connectivity index (χ1n) is 17.1. The molecule has 2 aliphatic carbocycles. The maximum atomic E-state index is 7.00. The lowest BCUT2D eigenvalue weighted by Gasteiger charge is -2.44. The smallest absolute Gasteiger partial charge is 0.0573 e. The van der Waals surface area contributed by atoms with Crippen LogP contribution in [0, 0.1) is 41.9 Å². The zero-order valence-electron chi connectivity index (χ0n) is 29.4. The summed E-state index contributed by atoms with van der Waals surface area (Å²) in [6.45, 7) is 23.7. The van der Waals surface area contributed by atoms with Crippen molar-refractivity contribution in [2.45, 2.75) is 105 Å². The molecule has 2 N–H and O–H groups in total. The lowest BCUT2D eigenvalue weighted by atomic mass is 9.71. The monoisotopic (exact) mass is 608 g/mol. The van der Waals surface area contributed by atoms with Crippen LogP contribution in [0.15, 0.2) is 61.0 Å². The van der Waals surface area contributed by atoms with Gasteiger partial charge in [-0.1, -0.05) is 85.1 Å². The molecule has 3 atom stereocenters. The van der Waals surface area contributed by atoms with E-state index in [1.54, 1.807) is 0 Å². The standard InChI is InChI=1S/C20H25N.C14H16.C5H9N.C2H6.CH4O/c1-5-16-9-10-17-12-14(3)18(6-2)20(19(17)13-16)21-11-7-8-15(21)4;1-4-11-5-6-13-10-14(2,3)8-7-12(13)9-11;1-5-3-2-4-6-5;2*1-2/h1,9-10,13-14,18,20H,4,6-8,11-12H2,2-3H3;1,5-6,9H,7-8,10H2,2-3H3;6H,1-4H2;1-2H3;2H,1H3. The molecule has 0 radical (unpaired) electrons. The molecule has 3 nitrogen and oxygen atoms in total. The molecule has 2 saturated heterocycles. The minimum atomic E-state index is 0.463. The Morgan fingerprint density at radius 1 is 0.933 bits per heavy atom. The molecule has 0 saturated carbocycles. The van der Waals surface area contributed by atoms with Crippen LogP contribution in [-0.2, 0) is 19.3 Å². The van der Waals surface area contributed by atoms with E-state index < -0.39 is 0 Å². The average molecular weight is 609 g/mol. The lowest BCUT2D eigenvalue weighted by molar-refractivity contribution is 0.140. The predicted molar refractivity (Wildman–Crippen MR) is 195 cm³/mol. The largest absolute Gasteiger partial charge is 0.400 e. The minimum absolute atomic E-state index is 0.463. The van der Waals surface area contributed by atoms with Crippen molar-refractivity contribution in [2.75, 3.05) is 20.2 Å². The Kier molecular flexibility index (Phi) is 15.6. The van der Waals surface area contributed by atoms with Crippen LogP contribution in [0.1, 0.15) is 119 Å². The lowest BCUT2D eigenvalue weighted by Crippen LogP contribution is -2.37. The van der Waals surface area contributed by atoms with Gasteiger partial charge in [0.1, 0.15) is 0 Å². The van der Waals surface area contributed by atoms with E-state index in [1.807, 2.05) is 13.8 Å². The Balaban J connectivity index is 0.000000252. The number of hydrogen-bond acceptors (Lipinski definition) is 3. The average Bonchev–Trinajstić information content (AvgIpc) is 3.72. The number of rotatable bonds is 2. The Morgan fingerprint density at radius 3 is 2.09 bits per heavy atom. The van der Waals surface area contributed by atoms with Crippen molar-refractivity contribution in [3.8, 4) is 24.7 Å². The van der Waals surface area contributed by atoms with Crippen molar-refractivity contribution in [1.82, 2.24) is 10.2 Å². The molecule has 0 spiro atoms. The molecule has 2 aliphatic heterocycles. The van der Waals surface area contributed by atoms with Crippen LogP contribution in [0.5, 0.6) is 0 Å². The topological polar surface area (TPSA) is 35.5 Å². The predicted octanol–water partition coefficient (Wildman–Crippen LogP) is 9.24. The Labute approximate surface area is 276 Å². The first kappa shape index (κ1) is 37.8. The molecule has 2 heterocycles. The molecule has 2 aromatic carbocycles. The maximum absolute atomic E-state index is 7.00. The molecule has 2 aromatic rings. The highest BCUT2D eigenvalue weighted by molar-refractivity contribution is 5.44. The molecule has 4 aliphatic rings. The minimum Gasteiger partial charge on any atom is -0.400 e. The number of allylic oxidation sites excluding steroid dienone is 2. The third-order valence-corrected chi connectivity index (χ3v) is 9.53. The zero-order valence-corrected chi connectivity index (χ0v) is 29.4. The van der Waals surface area contributed by atoms with Crippen LogP contribution in [0.25, 0.3) is 0 Å². The van der Waals surface area contributed by atoms with Crippen LogP contribution in [-0.4, -0.2) is 30.2 Å². The second kappa shape index (κ2) is 18.5. The summed E-state index contributed by atoms with van der Waals surface area (Å²) in [4.78, 5) is 2.56. The Bertz CT molecular complexity index is 1330. The maximum Gasteiger partial charge on any atom is 0.0573 e. The van der Waals surface area contributed by atoms with Crippen LogP contribution in [0.4, 0.5) is 0 Å². The van der Waals surface area contributed by atoms with Crippen LogP contribution in [0.2, 0.25) is 0 Å². The van der Waals surface area contributed by atoms with Crippen molar-refractivity contribution in [3.05, 3.63) is 94.3 Å². The van der Waals surface area contributed by atoms with Crippen molar-refractivity contribution >= 4 is 0 Å². The van der Waals surface area contributed by atoms with Crippen molar-refractivity contribution < 1.29 is 5.11 Å². The van der Waals surface area contributed by atoms with Gasteiger partial charge in [0.25, 0.3) is 0 Å². The van der Waals surface area contributed by atoms with Gasteiger partial charge in [-0.15, -0.1) is 12.8 Å². The number of nitrogens with zero attached hydrogens (tertiary/aromatic N) is 1. The Hall–Kier alpha value is -3.40. The number of likely N-dealkylation sites (tertiary alicyclic amines) is 1. The molecule has 244 valence electrons. The number of aryl methyl sites for hydroxylation is 1. The number of benzene rings is 2. The van der Waals surface area contributed by atoms with Gasteiger partial charge in [-0.25, -0.2) is 0 Å². The van der Waals surface area contributed by atoms with E-state index in [2.05, 4.69) is 99.3 Å². The SMILES string of the molecule is C#Cc1ccc2c(c1)C(N1CCCC1=C)C(CC)C(C)C2.C#Cc1ccc2c(c1)CCC(C)(C)C2.C=C1CCCN1.CC.CO. The zero-order chi connectivity index (χ0) is 33.6. The summed E-state index contributed by atoms with van der Waals surface area (Å²) in [5.41, 5.74) is 10.9. The van der Waals surface area contributed by atoms with E-state index in [-0.39, 0.29) is 0 Å². The molecular weight excluding hydrogens is 548 g/mol. The molecule has 3 heteroatoms. The van der Waals surface area contributed by atoms with E-state index in [4.69, 9.17) is 18.0 Å². The van der Waals surface area contributed by atoms with E-state index in [0.29, 0.717) is 17.4 Å². The quantitative estimate of drug-likeness (QED) is 0.334. The number of hydrogen-bond donors (Lipinski definition) is 2. The molecule has 6 rings (SSSR count). The fraction of sp³-hybridized carbons (Fsp3) is 0.524. The van der Waals surface area contributed by atoms with E-state index >= 15 is 0 Å². The summed E-state index contributed by atoms with van der Waals surface area (Å²) >= 11 is 0. The van der Waals surface area contributed by atoms with E-state index in [9.17, 15) is 0 Å². The van der Waals surface area contributed by atoms with Crippen LogP contribution >= 0.6 is 0 Å². The third kappa shape index (κ3) is 10.3. The summed E-state index contributed by atoms with van der Waals surface area (Å²) in [6.07, 6.45) is 21.9. The van der Waals surface area contributed by atoms with Crippen LogP contribution in [0.3, 0.4) is 0 Å². The van der Waals surface area contributed by atoms with Gasteiger partial charge >= 0.3 is 0 Å². The number of fused-ring (bicyclic) bond motifs is 2. The number of aliphatic hydroxyl groups excluding tert-OH is 1. The van der Waals surface area contributed by atoms with Gasteiger partial charge < -0.3 is 15.3 Å². The van der Waals surface area contributed by atoms with E-state index in [1.165, 1.54) is 85.0 Å². The van der Waals surface area contributed by atoms with Crippen molar-refractivity contribution in [1.29, 1.82) is 0 Å². The molecular formula is C42H60N2O. The first-order chi connectivity index (χ1) is 21.7. The number of nitrogens with one attached hydrogen (secondary N) is 1. The van der Waals surface area contributed by atoms with Gasteiger partial charge in [0.2, 0.25) is 0 Å². The highest BCUT2D eigenvalue weighted by Crippen LogP contribution is 2.46. The molecule has 3 unspecified atom stereocenters. The van der Waals surface area contributed by atoms with Gasteiger partial charge in [0.05, 0.1) is 6.04 Å². The van der Waals surface area contributed by atoms with Gasteiger partial charge in [-0.05, 0) is 115 Å². The fourth-order valence-corrected chi connectivity index (χ4v) is 7.15. The van der Waals surface area contributed by atoms with Crippen LogP contribution < -0.4 is 5.32 Å². The van der Waals surface area contributed by atoms with Gasteiger partial charge in [-0.3, -0.25) is 0 Å². The molecule has 2 fully saturated rings. The highest BCUT2D eigenvalue weighted by atomic mass is 16.2. The Morgan fingerprint density at radius 2 is 1.58 bits per heavy atom. The highest BCUT2D eigenvalue weighted by Gasteiger charge is 2.38. The molecule has 0 amide bonds. The van der Waals surface area contributed by atoms with Gasteiger partial charge in [-0.2, -0.15) is 0 Å². The van der Waals surface area contributed by atoms with E-state index in [0.717, 1.165) is 43.7 Å². The summed E-state index contributed by atoms with van der Waals surface area (Å²) in [5, 5.41) is 10.1. The van der Waals surface area contributed by atoms with Gasteiger partial charge in [0, 0.05) is 42.7 Å². The fourth-order valence-electron chi connectivity index (χ4n) is 7.15. The third-order valence-electron chi connectivity index (χ3n) is 9.53. The van der Waals surface area contributed by atoms with Crippen molar-refractivity contribution in [2.24, 2.45) is 17.3 Å². The summed E-state index contributed by atoms with van der Waals surface area (Å²) < 4.78 is 0. The van der Waals surface area contributed by atoms with Crippen molar-refractivity contribution in [3.63, 3.8) is 0 Å². The second-order valence-electron chi connectivity index (χ2n) is 13.2. The molecule has 0 aromatic heterocycles. The van der Waals surface area contributed by atoms with Gasteiger partial charge in [0.15, 0.2) is 0 Å².